The van der Waals surface area contributed by atoms with E-state index in [1.54, 1.807) is 0 Å². The fraction of sp³-hybridized carbons (Fsp3) is 0.857. The van der Waals surface area contributed by atoms with Crippen molar-refractivity contribution >= 4 is 0 Å². The second-order valence-corrected chi connectivity index (χ2v) is 5.95. The van der Waals surface area contributed by atoms with Crippen LogP contribution in [0.5, 0.6) is 0 Å². The van der Waals surface area contributed by atoms with Gasteiger partial charge in [-0.2, -0.15) is 4.98 Å². The van der Waals surface area contributed by atoms with E-state index >= 15 is 0 Å². The highest BCUT2D eigenvalue weighted by Crippen LogP contribution is 2.39. The van der Waals surface area contributed by atoms with Crippen LogP contribution in [0.25, 0.3) is 0 Å². The van der Waals surface area contributed by atoms with Gasteiger partial charge in [0, 0.05) is 5.92 Å². The molecule has 0 amide bonds. The minimum atomic E-state index is 0.159. The molecule has 2 fully saturated rings. The van der Waals surface area contributed by atoms with Crippen molar-refractivity contribution in [3.63, 3.8) is 0 Å². The van der Waals surface area contributed by atoms with Gasteiger partial charge in [-0.05, 0) is 45.7 Å². The molecule has 4 atom stereocenters. The Bertz CT molecular complexity index is 428. The lowest BCUT2D eigenvalue weighted by Crippen LogP contribution is -2.27. The van der Waals surface area contributed by atoms with Crippen molar-refractivity contribution in [3.05, 3.63) is 11.7 Å². The molecule has 106 valence electrons. The van der Waals surface area contributed by atoms with Crippen LogP contribution in [0.3, 0.4) is 0 Å². The van der Waals surface area contributed by atoms with Gasteiger partial charge in [-0.25, -0.2) is 0 Å². The highest BCUT2D eigenvalue weighted by atomic mass is 16.5. The number of ether oxygens (including phenoxy) is 1. The van der Waals surface area contributed by atoms with Gasteiger partial charge in [0.2, 0.25) is 5.89 Å². The number of nitrogens with one attached hydrogen (secondary N) is 1. The van der Waals surface area contributed by atoms with Crippen LogP contribution >= 0.6 is 0 Å². The molecule has 5 heteroatoms. The molecule has 0 spiro atoms. The smallest absolute Gasteiger partial charge is 0.232 e. The summed E-state index contributed by atoms with van der Waals surface area (Å²) in [6, 6.07) is 0. The van der Waals surface area contributed by atoms with E-state index < -0.39 is 0 Å². The van der Waals surface area contributed by atoms with Crippen molar-refractivity contribution in [2.75, 3.05) is 13.1 Å². The van der Waals surface area contributed by atoms with Crippen LogP contribution in [-0.4, -0.2) is 35.4 Å². The second kappa shape index (κ2) is 5.21. The van der Waals surface area contributed by atoms with Gasteiger partial charge < -0.3 is 14.6 Å². The summed E-state index contributed by atoms with van der Waals surface area (Å²) in [4.78, 5) is 4.67. The highest BCUT2D eigenvalue weighted by Gasteiger charge is 2.41. The van der Waals surface area contributed by atoms with Crippen LogP contribution in [0.15, 0.2) is 4.52 Å². The first-order valence-electron chi connectivity index (χ1n) is 7.36. The van der Waals surface area contributed by atoms with E-state index in [-0.39, 0.29) is 18.1 Å². The zero-order chi connectivity index (χ0) is 13.4. The van der Waals surface area contributed by atoms with Crippen molar-refractivity contribution in [1.29, 1.82) is 0 Å². The van der Waals surface area contributed by atoms with E-state index in [9.17, 15) is 0 Å². The van der Waals surface area contributed by atoms with Gasteiger partial charge >= 0.3 is 0 Å². The summed E-state index contributed by atoms with van der Waals surface area (Å²) < 4.78 is 11.4. The van der Waals surface area contributed by atoms with Crippen LogP contribution < -0.4 is 5.32 Å². The monoisotopic (exact) mass is 265 g/mol. The van der Waals surface area contributed by atoms with Crippen molar-refractivity contribution in [2.24, 2.45) is 5.92 Å². The molecule has 0 aromatic carbocycles. The molecule has 2 saturated heterocycles. The Labute approximate surface area is 114 Å². The van der Waals surface area contributed by atoms with E-state index in [1.165, 1.54) is 0 Å². The minimum Gasteiger partial charge on any atom is -0.374 e. The van der Waals surface area contributed by atoms with E-state index in [0.29, 0.717) is 11.8 Å². The zero-order valence-corrected chi connectivity index (χ0v) is 11.9. The predicted molar refractivity (Wildman–Crippen MR) is 71.1 cm³/mol. The van der Waals surface area contributed by atoms with Crippen LogP contribution in [0.4, 0.5) is 0 Å². The van der Waals surface area contributed by atoms with Gasteiger partial charge in [0.25, 0.3) is 0 Å². The third-order valence-corrected chi connectivity index (χ3v) is 4.69. The largest absolute Gasteiger partial charge is 0.374 e. The Morgan fingerprint density at radius 3 is 2.47 bits per heavy atom. The van der Waals surface area contributed by atoms with Crippen LogP contribution in [0.1, 0.15) is 57.2 Å². The van der Waals surface area contributed by atoms with Crippen molar-refractivity contribution in [3.8, 4) is 0 Å². The second-order valence-electron chi connectivity index (χ2n) is 5.95. The summed E-state index contributed by atoms with van der Waals surface area (Å²) in [5.74, 6) is 2.76. The summed E-state index contributed by atoms with van der Waals surface area (Å²) in [6.07, 6.45) is 2.61. The van der Waals surface area contributed by atoms with E-state index in [2.05, 4.69) is 36.2 Å². The Balaban J connectivity index is 1.77. The molecule has 5 nitrogen and oxygen atoms in total. The maximum Gasteiger partial charge on any atom is 0.232 e. The molecular weight excluding hydrogens is 242 g/mol. The topological polar surface area (TPSA) is 60.2 Å². The number of hydrogen-bond acceptors (Lipinski definition) is 5. The lowest BCUT2D eigenvalue weighted by molar-refractivity contribution is 0.0542. The highest BCUT2D eigenvalue weighted by molar-refractivity contribution is 5.06. The van der Waals surface area contributed by atoms with Crippen molar-refractivity contribution in [2.45, 2.75) is 57.7 Å². The first-order chi connectivity index (χ1) is 9.16. The van der Waals surface area contributed by atoms with Gasteiger partial charge in [0.15, 0.2) is 5.82 Å². The standard InChI is InChI=1S/C14H23N3O2/c1-8-9(2)18-10(3)12(8)14-16-13(17-19-14)11-4-6-15-7-5-11/h8-12,15H,4-7H2,1-3H3. The fourth-order valence-electron chi connectivity index (χ4n) is 3.32. The molecule has 0 radical (unpaired) electrons. The molecule has 3 rings (SSSR count). The summed E-state index contributed by atoms with van der Waals surface area (Å²) in [5, 5.41) is 7.57. The number of hydrogen-bond donors (Lipinski definition) is 1. The molecule has 2 aliphatic rings. The van der Waals surface area contributed by atoms with Crippen LogP contribution in [0.2, 0.25) is 0 Å². The minimum absolute atomic E-state index is 0.159. The molecule has 0 bridgehead atoms. The number of piperidine rings is 1. The molecular formula is C14H23N3O2. The SMILES string of the molecule is CC1OC(C)C(c2nc(C3CCNCC3)no2)C1C. The van der Waals surface area contributed by atoms with Gasteiger partial charge in [0.1, 0.15) is 0 Å². The number of rotatable bonds is 2. The average Bonchev–Trinajstić information content (AvgIpc) is 2.97. The summed E-state index contributed by atoms with van der Waals surface area (Å²) in [7, 11) is 0. The Kier molecular flexibility index (Phi) is 3.58. The molecule has 3 heterocycles. The average molecular weight is 265 g/mol. The quantitative estimate of drug-likeness (QED) is 0.887. The molecule has 1 aromatic heterocycles. The van der Waals surface area contributed by atoms with E-state index in [0.717, 1.165) is 37.6 Å². The summed E-state index contributed by atoms with van der Waals surface area (Å²) in [6.45, 7) is 8.51. The molecule has 4 unspecified atom stereocenters. The summed E-state index contributed by atoms with van der Waals surface area (Å²) in [5.41, 5.74) is 0. The van der Waals surface area contributed by atoms with Crippen molar-refractivity contribution in [1.82, 2.24) is 15.5 Å². The Morgan fingerprint density at radius 1 is 1.11 bits per heavy atom. The molecule has 0 aliphatic carbocycles. The number of aromatic nitrogens is 2. The van der Waals surface area contributed by atoms with Gasteiger partial charge in [-0.1, -0.05) is 12.1 Å². The van der Waals surface area contributed by atoms with Crippen LogP contribution in [0, 0.1) is 5.92 Å². The Morgan fingerprint density at radius 2 is 1.84 bits per heavy atom. The van der Waals surface area contributed by atoms with Gasteiger partial charge in [-0.3, -0.25) is 0 Å². The third-order valence-electron chi connectivity index (χ3n) is 4.69. The fourth-order valence-corrected chi connectivity index (χ4v) is 3.32. The Hall–Kier alpha value is -0.940. The molecule has 1 aromatic rings. The van der Waals surface area contributed by atoms with Gasteiger partial charge in [0.05, 0.1) is 18.1 Å². The lowest BCUT2D eigenvalue weighted by atomic mass is 9.89. The molecule has 2 aliphatic heterocycles. The summed E-state index contributed by atoms with van der Waals surface area (Å²) >= 11 is 0. The molecule has 19 heavy (non-hydrogen) atoms. The first kappa shape index (κ1) is 13.1. The van der Waals surface area contributed by atoms with E-state index in [1.807, 2.05) is 0 Å². The number of nitrogens with zero attached hydrogens (tertiary/aromatic N) is 2. The maximum absolute atomic E-state index is 5.86. The normalized spacial score (nSPS) is 36.8. The molecule has 1 N–H and O–H groups in total. The van der Waals surface area contributed by atoms with Crippen molar-refractivity contribution < 1.29 is 9.26 Å². The van der Waals surface area contributed by atoms with Gasteiger partial charge in [-0.15, -0.1) is 0 Å². The molecule has 0 saturated carbocycles. The maximum atomic E-state index is 5.86. The predicted octanol–water partition coefficient (Wildman–Crippen LogP) is 2.06. The lowest BCUT2D eigenvalue weighted by Gasteiger charge is -2.19. The van der Waals surface area contributed by atoms with E-state index in [4.69, 9.17) is 9.26 Å². The van der Waals surface area contributed by atoms with Crippen LogP contribution in [-0.2, 0) is 4.74 Å². The first-order valence-corrected chi connectivity index (χ1v) is 7.36. The third kappa shape index (κ3) is 2.41. The zero-order valence-electron chi connectivity index (χ0n) is 11.9.